The zero-order valence-electron chi connectivity index (χ0n) is 25.8. The van der Waals surface area contributed by atoms with Crippen molar-refractivity contribution in [2.24, 2.45) is 0 Å². The van der Waals surface area contributed by atoms with Crippen molar-refractivity contribution in [1.29, 1.82) is 0 Å². The van der Waals surface area contributed by atoms with Crippen LogP contribution in [0.1, 0.15) is 49.7 Å². The highest BCUT2D eigenvalue weighted by Gasteiger charge is 2.33. The number of halogens is 2. The Morgan fingerprint density at radius 1 is 0.957 bits per heavy atom. The minimum absolute atomic E-state index is 0.00375. The van der Waals surface area contributed by atoms with Gasteiger partial charge in [0.1, 0.15) is 19.3 Å². The number of nitrogens with zero attached hydrogens (tertiary/aromatic N) is 2. The molecule has 1 fully saturated rings. The number of carbonyl (C=O) groups excluding carboxylic acids is 2. The van der Waals surface area contributed by atoms with Crippen LogP contribution < -0.4 is 19.1 Å². The second-order valence-corrected chi connectivity index (χ2v) is 14.5. The molecule has 1 N–H and O–H groups in total. The van der Waals surface area contributed by atoms with E-state index in [2.05, 4.69) is 5.32 Å². The highest BCUT2D eigenvalue weighted by atomic mass is 35.5. The van der Waals surface area contributed by atoms with Crippen LogP contribution in [0.25, 0.3) is 0 Å². The SMILES string of the molecule is CS(=O)(=O)N(CCCC(=O)N(Cc1ccc(Cl)cc1Cl)[C@@H](Cc1ccccc1)C(=O)NC1CCCC1)c1ccc2c(c1)OCCO2. The van der Waals surface area contributed by atoms with Gasteiger partial charge in [0.25, 0.3) is 0 Å². The summed E-state index contributed by atoms with van der Waals surface area (Å²) in [5.41, 5.74) is 1.98. The van der Waals surface area contributed by atoms with Crippen LogP contribution in [0.2, 0.25) is 10.0 Å². The van der Waals surface area contributed by atoms with Crippen molar-refractivity contribution in [2.45, 2.75) is 63.6 Å². The van der Waals surface area contributed by atoms with E-state index in [9.17, 15) is 18.0 Å². The molecule has 2 amide bonds. The molecular weight excluding hydrogens is 649 g/mol. The fourth-order valence-corrected chi connectivity index (χ4v) is 7.37. The van der Waals surface area contributed by atoms with Gasteiger partial charge in [-0.2, -0.15) is 0 Å². The molecule has 1 heterocycles. The van der Waals surface area contributed by atoms with E-state index in [0.29, 0.717) is 52.4 Å². The molecule has 0 radical (unpaired) electrons. The molecular formula is C34H39Cl2N3O6S. The summed E-state index contributed by atoms with van der Waals surface area (Å²) in [7, 11) is -3.69. The smallest absolute Gasteiger partial charge is 0.243 e. The normalized spacial score (nSPS) is 15.3. The summed E-state index contributed by atoms with van der Waals surface area (Å²) >= 11 is 12.7. The van der Waals surface area contributed by atoms with Gasteiger partial charge in [-0.05, 0) is 54.7 Å². The standard InChI is InChI=1S/C34H39Cl2N3O6S/c1-46(42,43)39(28-15-16-31-32(22-28)45-19-18-44-31)17-7-12-33(40)38(23-25-13-14-26(35)21-29(25)36)30(20-24-8-3-2-4-9-24)34(41)37-27-10-5-6-11-27/h2-4,8-9,13-16,21-22,27,30H,5-7,10-12,17-20,23H2,1H3,(H,37,41)/t30-/m0/s1. The van der Waals surface area contributed by atoms with Gasteiger partial charge >= 0.3 is 0 Å². The van der Waals surface area contributed by atoms with Crippen LogP contribution in [0.3, 0.4) is 0 Å². The largest absolute Gasteiger partial charge is 0.486 e. The molecule has 3 aromatic rings. The molecule has 1 saturated carbocycles. The first kappa shape index (κ1) is 33.9. The van der Waals surface area contributed by atoms with E-state index < -0.39 is 16.1 Å². The minimum atomic E-state index is -3.69. The van der Waals surface area contributed by atoms with Gasteiger partial charge in [-0.1, -0.05) is 72.4 Å². The lowest BCUT2D eigenvalue weighted by atomic mass is 10.0. The average Bonchev–Trinajstić information content (AvgIpc) is 3.54. The van der Waals surface area contributed by atoms with Crippen molar-refractivity contribution in [1.82, 2.24) is 10.2 Å². The van der Waals surface area contributed by atoms with Crippen molar-refractivity contribution in [3.8, 4) is 11.5 Å². The van der Waals surface area contributed by atoms with E-state index in [-0.39, 0.29) is 43.8 Å². The van der Waals surface area contributed by atoms with Crippen LogP contribution in [0.4, 0.5) is 5.69 Å². The fraction of sp³-hybridized carbons (Fsp3) is 0.412. The number of ether oxygens (including phenoxy) is 2. The monoisotopic (exact) mass is 687 g/mol. The van der Waals surface area contributed by atoms with Gasteiger partial charge < -0.3 is 19.7 Å². The first-order valence-corrected chi connectivity index (χ1v) is 18.1. The van der Waals surface area contributed by atoms with Crippen LogP contribution >= 0.6 is 23.2 Å². The third kappa shape index (κ3) is 8.86. The van der Waals surface area contributed by atoms with Gasteiger partial charge in [-0.25, -0.2) is 8.42 Å². The average molecular weight is 689 g/mol. The number of rotatable bonds is 13. The maximum Gasteiger partial charge on any atom is 0.243 e. The molecule has 3 aromatic carbocycles. The van der Waals surface area contributed by atoms with Gasteiger partial charge in [0, 0.05) is 48.1 Å². The Balaban J connectivity index is 1.39. The van der Waals surface area contributed by atoms with Gasteiger partial charge in [0.05, 0.1) is 11.9 Å². The third-order valence-electron chi connectivity index (χ3n) is 8.29. The molecule has 46 heavy (non-hydrogen) atoms. The Hall–Kier alpha value is -3.47. The summed E-state index contributed by atoms with van der Waals surface area (Å²) in [4.78, 5) is 29.6. The van der Waals surface area contributed by atoms with Gasteiger partial charge in [0.2, 0.25) is 21.8 Å². The first-order chi connectivity index (χ1) is 22.1. The van der Waals surface area contributed by atoms with E-state index >= 15 is 0 Å². The molecule has 0 spiro atoms. The molecule has 1 aliphatic carbocycles. The fourth-order valence-electron chi connectivity index (χ4n) is 5.95. The molecule has 9 nitrogen and oxygen atoms in total. The number of benzene rings is 3. The molecule has 246 valence electrons. The van der Waals surface area contributed by atoms with Crippen LogP contribution in [0, 0.1) is 0 Å². The number of amides is 2. The lowest BCUT2D eigenvalue weighted by Gasteiger charge is -2.33. The quantitative estimate of drug-likeness (QED) is 0.236. The highest BCUT2D eigenvalue weighted by molar-refractivity contribution is 7.92. The van der Waals surface area contributed by atoms with Gasteiger partial charge in [-0.15, -0.1) is 0 Å². The topological polar surface area (TPSA) is 105 Å². The summed E-state index contributed by atoms with van der Waals surface area (Å²) in [6, 6.07) is 18.9. The Morgan fingerprint density at radius 3 is 2.37 bits per heavy atom. The van der Waals surface area contributed by atoms with Crippen LogP contribution in [-0.2, 0) is 32.6 Å². The van der Waals surface area contributed by atoms with Crippen molar-refractivity contribution < 1.29 is 27.5 Å². The first-order valence-electron chi connectivity index (χ1n) is 15.5. The zero-order valence-corrected chi connectivity index (χ0v) is 28.1. The van der Waals surface area contributed by atoms with Crippen LogP contribution in [0.15, 0.2) is 66.7 Å². The molecule has 1 atom stereocenters. The minimum Gasteiger partial charge on any atom is -0.486 e. The van der Waals surface area contributed by atoms with E-state index in [1.165, 1.54) is 4.31 Å². The Labute approximate surface area is 280 Å². The summed E-state index contributed by atoms with van der Waals surface area (Å²) in [6.45, 7) is 0.932. The van der Waals surface area contributed by atoms with Crippen molar-refractivity contribution >= 4 is 50.7 Å². The van der Waals surface area contributed by atoms with E-state index in [0.717, 1.165) is 37.5 Å². The van der Waals surface area contributed by atoms with Crippen LogP contribution in [-0.4, -0.2) is 63.2 Å². The third-order valence-corrected chi connectivity index (χ3v) is 10.1. The zero-order chi connectivity index (χ0) is 32.7. The van der Waals surface area contributed by atoms with Crippen molar-refractivity contribution in [3.05, 3.63) is 87.9 Å². The number of hydrogen-bond acceptors (Lipinski definition) is 6. The predicted molar refractivity (Wildman–Crippen MR) is 180 cm³/mol. The highest BCUT2D eigenvalue weighted by Crippen LogP contribution is 2.35. The van der Waals surface area contributed by atoms with Crippen molar-refractivity contribution in [3.63, 3.8) is 0 Å². The lowest BCUT2D eigenvalue weighted by molar-refractivity contribution is -0.141. The molecule has 0 aromatic heterocycles. The van der Waals surface area contributed by atoms with Gasteiger partial charge in [0.15, 0.2) is 11.5 Å². The summed E-state index contributed by atoms with van der Waals surface area (Å²) < 4.78 is 38.2. The van der Waals surface area contributed by atoms with E-state index in [4.69, 9.17) is 32.7 Å². The molecule has 1 aliphatic heterocycles. The molecule has 0 unspecified atom stereocenters. The number of nitrogens with one attached hydrogen (secondary N) is 1. The Bertz CT molecular complexity index is 1630. The number of sulfonamides is 1. The maximum atomic E-state index is 14.1. The number of carbonyl (C=O) groups is 2. The van der Waals surface area contributed by atoms with Crippen LogP contribution in [0.5, 0.6) is 11.5 Å². The molecule has 0 saturated heterocycles. The molecule has 2 aliphatic rings. The number of anilines is 1. The Morgan fingerprint density at radius 2 is 1.67 bits per heavy atom. The molecule has 0 bridgehead atoms. The molecule has 5 rings (SSSR count). The Kier molecular flexibility index (Phi) is 11.4. The van der Waals surface area contributed by atoms with Gasteiger partial charge in [-0.3, -0.25) is 13.9 Å². The van der Waals surface area contributed by atoms with Crippen molar-refractivity contribution in [2.75, 3.05) is 30.3 Å². The summed E-state index contributed by atoms with van der Waals surface area (Å²) in [6.07, 6.45) is 5.57. The number of fused-ring (bicyclic) bond motifs is 1. The second kappa shape index (κ2) is 15.4. The van der Waals surface area contributed by atoms with E-state index in [1.54, 1.807) is 41.3 Å². The summed E-state index contributed by atoms with van der Waals surface area (Å²) in [5, 5.41) is 4.04. The lowest BCUT2D eigenvalue weighted by Crippen LogP contribution is -2.52. The molecule has 12 heteroatoms. The number of hydrogen-bond donors (Lipinski definition) is 1. The second-order valence-electron chi connectivity index (χ2n) is 11.7. The predicted octanol–water partition coefficient (Wildman–Crippen LogP) is 6.01. The summed E-state index contributed by atoms with van der Waals surface area (Å²) in [5.74, 6) is 0.513. The van der Waals surface area contributed by atoms with E-state index in [1.807, 2.05) is 30.3 Å². The maximum absolute atomic E-state index is 14.1.